The zero-order valence-corrected chi connectivity index (χ0v) is 15.1. The van der Waals surface area contributed by atoms with Crippen LogP contribution in [0.1, 0.15) is 53.5 Å². The van der Waals surface area contributed by atoms with Gasteiger partial charge in [0.15, 0.2) is 11.6 Å². The second-order valence-corrected chi connectivity index (χ2v) is 7.19. The van der Waals surface area contributed by atoms with Crippen LogP contribution in [0.2, 0.25) is 0 Å². The van der Waals surface area contributed by atoms with Gasteiger partial charge in [0.25, 0.3) is 11.8 Å². The van der Waals surface area contributed by atoms with Crippen molar-refractivity contribution in [1.29, 1.82) is 0 Å². The van der Waals surface area contributed by atoms with Crippen LogP contribution in [0.3, 0.4) is 0 Å². The minimum Gasteiger partial charge on any atom is -0.339 e. The number of aromatic nitrogens is 5. The molecule has 1 saturated heterocycles. The number of pyridine rings is 1. The van der Waals surface area contributed by atoms with Gasteiger partial charge in [0, 0.05) is 25.2 Å². The molecule has 0 unspecified atom stereocenters. The third-order valence-corrected chi connectivity index (χ3v) is 5.23. The highest BCUT2D eigenvalue weighted by atomic mass is 16.5. The Labute approximate surface area is 156 Å². The molecular weight excluding hydrogens is 344 g/mol. The van der Waals surface area contributed by atoms with E-state index in [1.807, 2.05) is 24.0 Å². The largest absolute Gasteiger partial charge is 0.339 e. The summed E-state index contributed by atoms with van der Waals surface area (Å²) in [5.74, 6) is 2.41. The minimum atomic E-state index is 0.0475. The maximum atomic E-state index is 12.6. The lowest BCUT2D eigenvalue weighted by atomic mass is 10.2. The summed E-state index contributed by atoms with van der Waals surface area (Å²) in [7, 11) is 0. The van der Waals surface area contributed by atoms with Crippen molar-refractivity contribution in [2.24, 2.45) is 0 Å². The number of rotatable bonds is 4. The predicted octanol–water partition coefficient (Wildman–Crippen LogP) is 2.74. The molecule has 5 rings (SSSR count). The Hall–Kier alpha value is -3.03. The Morgan fingerprint density at radius 1 is 1.19 bits per heavy atom. The second kappa shape index (κ2) is 6.29. The molecule has 0 atom stereocenters. The average molecular weight is 364 g/mol. The third kappa shape index (κ3) is 2.90. The van der Waals surface area contributed by atoms with Crippen molar-refractivity contribution in [3.8, 4) is 17.3 Å². The van der Waals surface area contributed by atoms with E-state index in [4.69, 9.17) is 4.52 Å². The monoisotopic (exact) mass is 364 g/mol. The van der Waals surface area contributed by atoms with Crippen LogP contribution in [0.5, 0.6) is 0 Å². The Balaban J connectivity index is 1.39. The van der Waals surface area contributed by atoms with Crippen molar-refractivity contribution < 1.29 is 9.32 Å². The Kier molecular flexibility index (Phi) is 3.77. The molecule has 2 fully saturated rings. The van der Waals surface area contributed by atoms with Crippen LogP contribution in [0.4, 0.5) is 0 Å². The van der Waals surface area contributed by atoms with Crippen molar-refractivity contribution in [3.05, 3.63) is 41.6 Å². The summed E-state index contributed by atoms with van der Waals surface area (Å²) in [6.45, 7) is 3.54. The summed E-state index contributed by atoms with van der Waals surface area (Å²) in [6.07, 6.45) is 7.73. The highest BCUT2D eigenvalue weighted by Crippen LogP contribution is 2.38. The highest BCUT2D eigenvalue weighted by molar-refractivity contribution is 5.95. The number of amides is 1. The van der Waals surface area contributed by atoms with Crippen LogP contribution in [0.25, 0.3) is 17.3 Å². The van der Waals surface area contributed by atoms with Crippen molar-refractivity contribution in [3.63, 3.8) is 0 Å². The molecule has 4 heterocycles. The Morgan fingerprint density at radius 3 is 2.70 bits per heavy atom. The number of likely N-dealkylation sites (tertiary alicyclic amines) is 1. The maximum absolute atomic E-state index is 12.6. The SMILES string of the molecule is Cc1c(C(=O)N2CCCC2)cnn1-c1ccc(-c2nc(C3CC3)no2)cn1. The number of nitrogens with zero attached hydrogens (tertiary/aromatic N) is 6. The smallest absolute Gasteiger partial charge is 0.259 e. The number of hydrogen-bond donors (Lipinski definition) is 0. The van der Waals surface area contributed by atoms with Crippen molar-refractivity contribution in [1.82, 2.24) is 29.8 Å². The summed E-state index contributed by atoms with van der Waals surface area (Å²) in [5.41, 5.74) is 2.20. The lowest BCUT2D eigenvalue weighted by Crippen LogP contribution is -2.27. The van der Waals surface area contributed by atoms with Crippen LogP contribution in [-0.4, -0.2) is 48.8 Å². The molecule has 8 nitrogen and oxygen atoms in total. The van der Waals surface area contributed by atoms with Crippen molar-refractivity contribution in [2.45, 2.75) is 38.5 Å². The van der Waals surface area contributed by atoms with E-state index in [0.717, 1.165) is 55.9 Å². The molecule has 0 spiro atoms. The Bertz CT molecular complexity index is 980. The molecule has 27 heavy (non-hydrogen) atoms. The van der Waals surface area contributed by atoms with E-state index in [0.29, 0.717) is 23.2 Å². The molecule has 8 heteroatoms. The van der Waals surface area contributed by atoms with Crippen molar-refractivity contribution in [2.75, 3.05) is 13.1 Å². The lowest BCUT2D eigenvalue weighted by Gasteiger charge is -2.14. The molecule has 1 saturated carbocycles. The fourth-order valence-corrected chi connectivity index (χ4v) is 3.44. The van der Waals surface area contributed by atoms with E-state index in [-0.39, 0.29) is 5.91 Å². The molecule has 3 aromatic rings. The predicted molar refractivity (Wildman–Crippen MR) is 96.5 cm³/mol. The molecule has 3 aromatic heterocycles. The van der Waals surface area contributed by atoms with Crippen LogP contribution in [0.15, 0.2) is 29.0 Å². The second-order valence-electron chi connectivity index (χ2n) is 7.19. The molecule has 1 aliphatic carbocycles. The molecule has 0 radical (unpaired) electrons. The molecule has 138 valence electrons. The zero-order chi connectivity index (χ0) is 18.4. The standard InChI is InChI=1S/C19H20N6O2/c1-12-15(19(26)24-8-2-3-9-24)11-21-25(12)16-7-6-14(10-20-16)18-22-17(23-27-18)13-4-5-13/h6-7,10-11,13H,2-5,8-9H2,1H3. The summed E-state index contributed by atoms with van der Waals surface area (Å²) < 4.78 is 7.03. The first-order chi connectivity index (χ1) is 13.2. The number of carbonyl (C=O) groups is 1. The van der Waals surface area contributed by atoms with E-state index < -0.39 is 0 Å². The molecule has 1 aliphatic heterocycles. The molecule has 1 amide bonds. The van der Waals surface area contributed by atoms with Gasteiger partial charge in [0.2, 0.25) is 0 Å². The molecule has 2 aliphatic rings. The number of carbonyl (C=O) groups excluding carboxylic acids is 1. The molecule has 0 bridgehead atoms. The van der Waals surface area contributed by atoms with E-state index in [9.17, 15) is 4.79 Å². The normalized spacial score (nSPS) is 16.9. The van der Waals surface area contributed by atoms with Gasteiger partial charge in [-0.05, 0) is 44.7 Å². The van der Waals surface area contributed by atoms with Gasteiger partial charge in [0.05, 0.1) is 23.0 Å². The zero-order valence-electron chi connectivity index (χ0n) is 15.1. The fraction of sp³-hybridized carbons (Fsp3) is 0.421. The van der Waals surface area contributed by atoms with E-state index >= 15 is 0 Å². The van der Waals surface area contributed by atoms with Gasteiger partial charge in [-0.15, -0.1) is 0 Å². The van der Waals surface area contributed by atoms with Gasteiger partial charge >= 0.3 is 0 Å². The summed E-state index contributed by atoms with van der Waals surface area (Å²) in [4.78, 5) is 23.4. The first-order valence-electron chi connectivity index (χ1n) is 9.35. The molecule has 0 aromatic carbocycles. The van der Waals surface area contributed by atoms with Crippen LogP contribution < -0.4 is 0 Å². The number of hydrogen-bond acceptors (Lipinski definition) is 6. The van der Waals surface area contributed by atoms with Crippen LogP contribution >= 0.6 is 0 Å². The van der Waals surface area contributed by atoms with Gasteiger partial charge < -0.3 is 9.42 Å². The maximum Gasteiger partial charge on any atom is 0.259 e. The third-order valence-electron chi connectivity index (χ3n) is 5.23. The van der Waals surface area contributed by atoms with Crippen LogP contribution in [-0.2, 0) is 0 Å². The van der Waals surface area contributed by atoms with Gasteiger partial charge in [0.1, 0.15) is 0 Å². The lowest BCUT2D eigenvalue weighted by molar-refractivity contribution is 0.0792. The van der Waals surface area contributed by atoms with Gasteiger partial charge in [-0.2, -0.15) is 10.1 Å². The summed E-state index contributed by atoms with van der Waals surface area (Å²) >= 11 is 0. The van der Waals surface area contributed by atoms with Crippen molar-refractivity contribution >= 4 is 5.91 Å². The highest BCUT2D eigenvalue weighted by Gasteiger charge is 2.29. The first kappa shape index (κ1) is 16.2. The molecular formula is C19H20N6O2. The quantitative estimate of drug-likeness (QED) is 0.707. The fourth-order valence-electron chi connectivity index (χ4n) is 3.44. The summed E-state index contributed by atoms with van der Waals surface area (Å²) in [6, 6.07) is 3.73. The first-order valence-corrected chi connectivity index (χ1v) is 9.35. The van der Waals surface area contributed by atoms with E-state index in [2.05, 4.69) is 20.2 Å². The molecule has 0 N–H and O–H groups in total. The van der Waals surface area contributed by atoms with E-state index in [1.54, 1.807) is 17.1 Å². The Morgan fingerprint density at radius 2 is 2.00 bits per heavy atom. The summed E-state index contributed by atoms with van der Waals surface area (Å²) in [5, 5.41) is 8.41. The van der Waals surface area contributed by atoms with Gasteiger partial charge in [-0.25, -0.2) is 9.67 Å². The van der Waals surface area contributed by atoms with Crippen LogP contribution in [0, 0.1) is 6.92 Å². The van der Waals surface area contributed by atoms with Gasteiger partial charge in [-0.1, -0.05) is 5.16 Å². The minimum absolute atomic E-state index is 0.0475. The van der Waals surface area contributed by atoms with E-state index in [1.165, 1.54) is 0 Å². The topological polar surface area (TPSA) is 89.9 Å². The van der Waals surface area contributed by atoms with Gasteiger partial charge in [-0.3, -0.25) is 4.79 Å². The average Bonchev–Trinajstić information content (AvgIpc) is 3.11.